The van der Waals surface area contributed by atoms with Gasteiger partial charge >= 0.3 is 12.1 Å². The van der Waals surface area contributed by atoms with E-state index >= 15 is 0 Å². The average Bonchev–Trinajstić information content (AvgIpc) is 2.59. The molecule has 0 saturated carbocycles. The van der Waals surface area contributed by atoms with Crippen molar-refractivity contribution in [3.05, 3.63) is 29.8 Å². The van der Waals surface area contributed by atoms with Crippen molar-refractivity contribution in [3.8, 4) is 0 Å². The number of rotatable bonds is 4. The molecule has 1 aromatic rings. The molecular weight excluding hydrogens is 336 g/mol. The maximum atomic E-state index is 12.0. The van der Waals surface area contributed by atoms with Gasteiger partial charge in [-0.15, -0.1) is 0 Å². The second-order valence-electron chi connectivity index (χ2n) is 7.22. The van der Waals surface area contributed by atoms with Crippen LogP contribution in [0.1, 0.15) is 50.4 Å². The molecule has 0 bridgehead atoms. The molecule has 0 aliphatic carbocycles. The van der Waals surface area contributed by atoms with Crippen molar-refractivity contribution in [2.45, 2.75) is 45.6 Å². The zero-order valence-corrected chi connectivity index (χ0v) is 15.5. The zero-order valence-electron chi connectivity index (χ0n) is 15.5. The standard InChI is InChI=1S/C19H26N2O5/c1-19(2,3)26-18(24)20-15-9-7-14(8-10-15)17(23)25-13-16(22)21-11-5-4-6-12-21/h7-10H,4-6,11-13H2,1-3H3,(H,20,24). The van der Waals surface area contributed by atoms with E-state index in [-0.39, 0.29) is 12.5 Å². The molecule has 142 valence electrons. The molecule has 1 N–H and O–H groups in total. The second-order valence-corrected chi connectivity index (χ2v) is 7.22. The molecule has 0 radical (unpaired) electrons. The average molecular weight is 362 g/mol. The van der Waals surface area contributed by atoms with Gasteiger partial charge in [0.15, 0.2) is 6.61 Å². The first kappa shape index (κ1) is 19.8. The third-order valence-corrected chi connectivity index (χ3v) is 3.80. The summed E-state index contributed by atoms with van der Waals surface area (Å²) in [7, 11) is 0. The maximum absolute atomic E-state index is 12.0. The Hall–Kier alpha value is -2.57. The van der Waals surface area contributed by atoms with Crippen LogP contribution in [0, 0.1) is 0 Å². The van der Waals surface area contributed by atoms with E-state index in [1.54, 1.807) is 37.8 Å². The highest BCUT2D eigenvalue weighted by Crippen LogP contribution is 2.14. The number of piperidine rings is 1. The van der Waals surface area contributed by atoms with Crippen molar-refractivity contribution >= 4 is 23.7 Å². The molecule has 7 heteroatoms. The highest BCUT2D eigenvalue weighted by Gasteiger charge is 2.19. The minimum atomic E-state index is -0.589. The van der Waals surface area contributed by atoms with Crippen LogP contribution in [-0.2, 0) is 14.3 Å². The maximum Gasteiger partial charge on any atom is 0.412 e. The fourth-order valence-electron chi connectivity index (χ4n) is 2.56. The van der Waals surface area contributed by atoms with Gasteiger partial charge in [0.25, 0.3) is 5.91 Å². The lowest BCUT2D eigenvalue weighted by molar-refractivity contribution is -0.135. The molecule has 1 aliphatic heterocycles. The van der Waals surface area contributed by atoms with E-state index in [1.165, 1.54) is 12.1 Å². The van der Waals surface area contributed by atoms with Crippen LogP contribution in [0.15, 0.2) is 24.3 Å². The lowest BCUT2D eigenvalue weighted by atomic mass is 10.1. The molecule has 0 aromatic heterocycles. The molecule has 26 heavy (non-hydrogen) atoms. The van der Waals surface area contributed by atoms with Crippen LogP contribution in [0.5, 0.6) is 0 Å². The molecule has 2 amide bonds. The molecule has 7 nitrogen and oxygen atoms in total. The van der Waals surface area contributed by atoms with Crippen molar-refractivity contribution in [1.29, 1.82) is 0 Å². The Kier molecular flexibility index (Phi) is 6.60. The molecule has 2 rings (SSSR count). The summed E-state index contributed by atoms with van der Waals surface area (Å²) in [5, 5.41) is 2.58. The molecular formula is C19H26N2O5. The number of ether oxygens (including phenoxy) is 2. The van der Waals surface area contributed by atoms with Gasteiger partial charge in [0.2, 0.25) is 0 Å². The minimum Gasteiger partial charge on any atom is -0.452 e. The number of nitrogens with zero attached hydrogens (tertiary/aromatic N) is 1. The number of carbonyl (C=O) groups is 3. The zero-order chi connectivity index (χ0) is 19.2. The Balaban J connectivity index is 1.82. The van der Waals surface area contributed by atoms with Crippen LogP contribution >= 0.6 is 0 Å². The Morgan fingerprint density at radius 2 is 1.65 bits per heavy atom. The molecule has 0 spiro atoms. The minimum absolute atomic E-state index is 0.165. The van der Waals surface area contributed by atoms with E-state index in [0.29, 0.717) is 11.3 Å². The van der Waals surface area contributed by atoms with Crippen molar-refractivity contribution in [3.63, 3.8) is 0 Å². The Morgan fingerprint density at radius 1 is 1.04 bits per heavy atom. The number of nitrogens with one attached hydrogen (secondary N) is 1. The Bertz CT molecular complexity index is 643. The van der Waals surface area contributed by atoms with Gasteiger partial charge < -0.3 is 14.4 Å². The largest absolute Gasteiger partial charge is 0.452 e. The van der Waals surface area contributed by atoms with Crippen molar-refractivity contribution in [2.24, 2.45) is 0 Å². The predicted octanol–water partition coefficient (Wildman–Crippen LogP) is 3.20. The summed E-state index contributed by atoms with van der Waals surface area (Å²) in [4.78, 5) is 37.5. The van der Waals surface area contributed by atoms with E-state index in [1.807, 2.05) is 0 Å². The number of likely N-dealkylation sites (tertiary alicyclic amines) is 1. The second kappa shape index (κ2) is 8.69. The first-order valence-electron chi connectivity index (χ1n) is 8.79. The molecule has 1 aliphatic rings. The van der Waals surface area contributed by atoms with E-state index in [0.717, 1.165) is 32.4 Å². The predicted molar refractivity (Wildman–Crippen MR) is 97.0 cm³/mol. The summed E-state index contributed by atoms with van der Waals surface area (Å²) < 4.78 is 10.2. The van der Waals surface area contributed by atoms with E-state index in [9.17, 15) is 14.4 Å². The monoisotopic (exact) mass is 362 g/mol. The van der Waals surface area contributed by atoms with Crippen LogP contribution in [0.2, 0.25) is 0 Å². The fraction of sp³-hybridized carbons (Fsp3) is 0.526. The molecule has 1 heterocycles. The topological polar surface area (TPSA) is 84.9 Å². The number of esters is 1. The van der Waals surface area contributed by atoms with Gasteiger partial charge in [0.05, 0.1) is 5.56 Å². The quantitative estimate of drug-likeness (QED) is 0.832. The van der Waals surface area contributed by atoms with Crippen LogP contribution < -0.4 is 5.32 Å². The normalized spacial score (nSPS) is 14.5. The van der Waals surface area contributed by atoms with Crippen LogP contribution in [0.4, 0.5) is 10.5 Å². The lowest BCUT2D eigenvalue weighted by Crippen LogP contribution is -2.38. The first-order chi connectivity index (χ1) is 12.2. The van der Waals surface area contributed by atoms with E-state index in [2.05, 4.69) is 5.32 Å². The number of hydrogen-bond acceptors (Lipinski definition) is 5. The van der Waals surface area contributed by atoms with Gasteiger partial charge in [-0.2, -0.15) is 0 Å². The lowest BCUT2D eigenvalue weighted by Gasteiger charge is -2.26. The summed E-state index contributed by atoms with van der Waals surface area (Å²) in [6.07, 6.45) is 2.55. The van der Waals surface area contributed by atoms with Crippen LogP contribution in [0.25, 0.3) is 0 Å². The Labute approximate surface area is 153 Å². The third-order valence-electron chi connectivity index (χ3n) is 3.80. The van der Waals surface area contributed by atoms with Gasteiger partial charge in [-0.25, -0.2) is 9.59 Å². The molecule has 0 unspecified atom stereocenters. The highest BCUT2D eigenvalue weighted by molar-refractivity contribution is 5.92. The number of carbonyl (C=O) groups excluding carboxylic acids is 3. The summed E-state index contributed by atoms with van der Waals surface area (Å²) in [5.74, 6) is -0.736. The third kappa shape index (κ3) is 6.38. The van der Waals surface area contributed by atoms with Crippen LogP contribution in [-0.4, -0.2) is 48.2 Å². The van der Waals surface area contributed by atoms with Crippen molar-refractivity contribution < 1.29 is 23.9 Å². The van der Waals surface area contributed by atoms with Crippen LogP contribution in [0.3, 0.4) is 0 Å². The van der Waals surface area contributed by atoms with E-state index < -0.39 is 17.7 Å². The smallest absolute Gasteiger partial charge is 0.412 e. The number of benzene rings is 1. The molecule has 1 aromatic carbocycles. The van der Waals surface area contributed by atoms with Crippen molar-refractivity contribution in [2.75, 3.05) is 25.0 Å². The fourth-order valence-corrected chi connectivity index (χ4v) is 2.56. The van der Waals surface area contributed by atoms with Gasteiger partial charge in [-0.3, -0.25) is 10.1 Å². The molecule has 1 saturated heterocycles. The summed E-state index contributed by atoms with van der Waals surface area (Å²) in [5.41, 5.74) is 0.223. The van der Waals surface area contributed by atoms with Gasteiger partial charge in [0.1, 0.15) is 5.60 Å². The van der Waals surface area contributed by atoms with Gasteiger partial charge in [0, 0.05) is 18.8 Å². The summed E-state index contributed by atoms with van der Waals surface area (Å²) >= 11 is 0. The van der Waals surface area contributed by atoms with Crippen molar-refractivity contribution in [1.82, 2.24) is 4.90 Å². The summed E-state index contributed by atoms with van der Waals surface area (Å²) in [6.45, 7) is 6.52. The van der Waals surface area contributed by atoms with Gasteiger partial charge in [-0.1, -0.05) is 0 Å². The summed E-state index contributed by atoms with van der Waals surface area (Å²) in [6, 6.07) is 6.21. The molecule has 0 atom stereocenters. The van der Waals surface area contributed by atoms with Gasteiger partial charge in [-0.05, 0) is 64.3 Å². The van der Waals surface area contributed by atoms with E-state index in [4.69, 9.17) is 9.47 Å². The first-order valence-corrected chi connectivity index (χ1v) is 8.79. The molecule has 1 fully saturated rings. The highest BCUT2D eigenvalue weighted by atomic mass is 16.6. The number of anilines is 1. The Morgan fingerprint density at radius 3 is 2.23 bits per heavy atom. The SMILES string of the molecule is CC(C)(C)OC(=O)Nc1ccc(C(=O)OCC(=O)N2CCCCC2)cc1. The number of amides is 2. The number of hydrogen-bond donors (Lipinski definition) is 1.